The van der Waals surface area contributed by atoms with E-state index in [2.05, 4.69) is 0 Å². The van der Waals surface area contributed by atoms with E-state index in [0.717, 1.165) is 16.8 Å². The lowest BCUT2D eigenvalue weighted by Crippen LogP contribution is -2.23. The third-order valence-electron chi connectivity index (χ3n) is 4.02. The molecule has 0 atom stereocenters. The molecule has 0 saturated carbocycles. The lowest BCUT2D eigenvalue weighted by molar-refractivity contribution is -0.113. The van der Waals surface area contributed by atoms with Crippen molar-refractivity contribution in [3.8, 4) is 17.2 Å². The molecular formula is C20H21NO4. The van der Waals surface area contributed by atoms with Crippen molar-refractivity contribution in [1.29, 1.82) is 0 Å². The molecule has 2 aromatic carbocycles. The zero-order valence-corrected chi connectivity index (χ0v) is 14.6. The number of anilines is 1. The highest BCUT2D eigenvalue weighted by molar-refractivity contribution is 6.03. The van der Waals surface area contributed by atoms with Gasteiger partial charge in [-0.25, -0.2) is 0 Å². The number of carbonyl (C=O) groups excluding carboxylic acids is 1. The Morgan fingerprint density at radius 3 is 2.60 bits per heavy atom. The fourth-order valence-corrected chi connectivity index (χ4v) is 2.56. The average Bonchev–Trinajstić information content (AvgIpc) is 2.65. The summed E-state index contributed by atoms with van der Waals surface area (Å²) in [5.74, 6) is 1.72. The summed E-state index contributed by atoms with van der Waals surface area (Å²) in [4.78, 5) is 14.0. The summed E-state index contributed by atoms with van der Waals surface area (Å²) in [6.07, 6.45) is 3.28. The molecular weight excluding hydrogens is 318 g/mol. The highest BCUT2D eigenvalue weighted by atomic mass is 16.6. The molecule has 0 radical (unpaired) electrons. The molecule has 0 aromatic heterocycles. The maximum atomic E-state index is 12.4. The van der Waals surface area contributed by atoms with Gasteiger partial charge in [-0.1, -0.05) is 17.7 Å². The number of rotatable bonds is 4. The lowest BCUT2D eigenvalue weighted by Gasteiger charge is -2.21. The van der Waals surface area contributed by atoms with Crippen LogP contribution < -0.4 is 19.1 Å². The number of amides is 1. The van der Waals surface area contributed by atoms with Gasteiger partial charge in [-0.3, -0.25) is 4.79 Å². The normalized spacial score (nSPS) is 12.9. The van der Waals surface area contributed by atoms with Crippen LogP contribution in [0.2, 0.25) is 0 Å². The van der Waals surface area contributed by atoms with E-state index in [9.17, 15) is 4.79 Å². The van der Waals surface area contributed by atoms with Crippen molar-refractivity contribution in [1.82, 2.24) is 0 Å². The molecule has 0 N–H and O–H groups in total. The van der Waals surface area contributed by atoms with Crippen LogP contribution in [0.25, 0.3) is 6.08 Å². The molecule has 1 aliphatic rings. The first kappa shape index (κ1) is 16.9. The smallest absolute Gasteiger partial charge is 0.250 e. The van der Waals surface area contributed by atoms with Crippen molar-refractivity contribution in [2.45, 2.75) is 6.92 Å². The molecule has 1 aliphatic heterocycles. The Hall–Kier alpha value is -2.95. The highest BCUT2D eigenvalue weighted by Crippen LogP contribution is 2.40. The Morgan fingerprint density at radius 2 is 1.88 bits per heavy atom. The van der Waals surface area contributed by atoms with Crippen molar-refractivity contribution < 1.29 is 19.0 Å². The van der Waals surface area contributed by atoms with Crippen molar-refractivity contribution in [2.24, 2.45) is 0 Å². The van der Waals surface area contributed by atoms with E-state index < -0.39 is 0 Å². The van der Waals surface area contributed by atoms with Crippen LogP contribution in [-0.4, -0.2) is 33.3 Å². The number of ether oxygens (including phenoxy) is 3. The number of fused-ring (bicyclic) bond motifs is 1. The van der Waals surface area contributed by atoms with Gasteiger partial charge in [0.1, 0.15) is 13.2 Å². The number of aryl methyl sites for hydroxylation is 1. The van der Waals surface area contributed by atoms with E-state index in [1.807, 2.05) is 43.3 Å². The Labute approximate surface area is 147 Å². The van der Waals surface area contributed by atoms with Gasteiger partial charge in [-0.15, -0.1) is 0 Å². The molecule has 25 heavy (non-hydrogen) atoms. The molecule has 1 heterocycles. The van der Waals surface area contributed by atoms with Gasteiger partial charge in [-0.2, -0.15) is 0 Å². The van der Waals surface area contributed by atoms with Crippen LogP contribution in [0.5, 0.6) is 17.2 Å². The van der Waals surface area contributed by atoms with Gasteiger partial charge in [0, 0.05) is 18.8 Å². The Balaban J connectivity index is 1.79. The molecule has 0 saturated heterocycles. The standard InChI is InChI=1S/C20H21NO4/c1-14-4-7-16(8-5-14)21(2)19(22)9-6-15-12-17(23-3)20-18(13-15)24-10-11-25-20/h4-9,12-13H,10-11H2,1-3H3. The number of likely N-dealkylation sites (N-methyl/N-ethyl adjacent to an activating group) is 1. The second kappa shape index (κ2) is 7.30. The van der Waals surface area contributed by atoms with Crippen LogP contribution in [0.4, 0.5) is 5.69 Å². The Bertz CT molecular complexity index is 779. The van der Waals surface area contributed by atoms with E-state index in [4.69, 9.17) is 14.2 Å². The summed E-state index contributed by atoms with van der Waals surface area (Å²) in [6, 6.07) is 11.5. The number of hydrogen-bond acceptors (Lipinski definition) is 4. The molecule has 3 rings (SSSR count). The van der Waals surface area contributed by atoms with Gasteiger partial charge >= 0.3 is 0 Å². The molecule has 130 valence electrons. The lowest BCUT2D eigenvalue weighted by atomic mass is 10.1. The van der Waals surface area contributed by atoms with E-state index in [1.54, 1.807) is 25.1 Å². The predicted molar refractivity (Wildman–Crippen MR) is 97.6 cm³/mol. The van der Waals surface area contributed by atoms with Gasteiger partial charge in [0.05, 0.1) is 7.11 Å². The summed E-state index contributed by atoms with van der Waals surface area (Å²) in [6.45, 7) is 3.01. The quantitative estimate of drug-likeness (QED) is 0.801. The van der Waals surface area contributed by atoms with E-state index >= 15 is 0 Å². The van der Waals surface area contributed by atoms with E-state index in [1.165, 1.54) is 6.08 Å². The third kappa shape index (κ3) is 3.76. The number of benzene rings is 2. The largest absolute Gasteiger partial charge is 0.493 e. The van der Waals surface area contributed by atoms with Crippen LogP contribution in [0.3, 0.4) is 0 Å². The first-order valence-corrected chi connectivity index (χ1v) is 8.08. The predicted octanol–water partition coefficient (Wildman–Crippen LogP) is 3.45. The van der Waals surface area contributed by atoms with E-state index in [-0.39, 0.29) is 5.91 Å². The van der Waals surface area contributed by atoms with Crippen LogP contribution in [0.1, 0.15) is 11.1 Å². The van der Waals surface area contributed by atoms with Gasteiger partial charge in [0.25, 0.3) is 5.91 Å². The number of hydrogen-bond donors (Lipinski definition) is 0. The summed E-state index contributed by atoms with van der Waals surface area (Å²) in [7, 11) is 3.33. The summed E-state index contributed by atoms with van der Waals surface area (Å²) in [5, 5.41) is 0. The first-order valence-electron chi connectivity index (χ1n) is 8.08. The number of carbonyl (C=O) groups is 1. The zero-order chi connectivity index (χ0) is 17.8. The molecule has 5 nitrogen and oxygen atoms in total. The Kier molecular flexibility index (Phi) is 4.93. The maximum Gasteiger partial charge on any atom is 0.250 e. The summed E-state index contributed by atoms with van der Waals surface area (Å²) >= 11 is 0. The van der Waals surface area contributed by atoms with Crippen LogP contribution in [-0.2, 0) is 4.79 Å². The topological polar surface area (TPSA) is 48.0 Å². The SMILES string of the molecule is COc1cc(C=CC(=O)N(C)c2ccc(C)cc2)cc2c1OCCO2. The fraction of sp³-hybridized carbons (Fsp3) is 0.250. The van der Waals surface area contributed by atoms with Crippen molar-refractivity contribution in [3.63, 3.8) is 0 Å². The van der Waals surface area contributed by atoms with Crippen LogP contribution in [0.15, 0.2) is 42.5 Å². The molecule has 5 heteroatoms. The summed E-state index contributed by atoms with van der Waals surface area (Å²) < 4.78 is 16.5. The van der Waals surface area contributed by atoms with Gasteiger partial charge in [0.15, 0.2) is 11.5 Å². The van der Waals surface area contributed by atoms with Gasteiger partial charge < -0.3 is 19.1 Å². The summed E-state index contributed by atoms with van der Waals surface area (Å²) in [5.41, 5.74) is 2.82. The highest BCUT2D eigenvalue weighted by Gasteiger charge is 2.18. The number of methoxy groups -OCH3 is 1. The fourth-order valence-electron chi connectivity index (χ4n) is 2.56. The molecule has 0 fully saturated rings. The van der Waals surface area contributed by atoms with E-state index in [0.29, 0.717) is 30.5 Å². The minimum atomic E-state index is -0.113. The monoisotopic (exact) mass is 339 g/mol. The van der Waals surface area contributed by atoms with Crippen LogP contribution in [0, 0.1) is 6.92 Å². The average molecular weight is 339 g/mol. The zero-order valence-electron chi connectivity index (χ0n) is 14.6. The molecule has 0 spiro atoms. The van der Waals surface area contributed by atoms with Gasteiger partial charge in [0.2, 0.25) is 5.75 Å². The Morgan fingerprint density at radius 1 is 1.16 bits per heavy atom. The van der Waals surface area contributed by atoms with Crippen molar-refractivity contribution in [3.05, 3.63) is 53.6 Å². The molecule has 0 unspecified atom stereocenters. The third-order valence-corrected chi connectivity index (χ3v) is 4.02. The molecule has 1 amide bonds. The number of nitrogens with zero attached hydrogens (tertiary/aromatic N) is 1. The first-order chi connectivity index (χ1) is 12.1. The molecule has 0 aliphatic carbocycles. The minimum absolute atomic E-state index is 0.113. The van der Waals surface area contributed by atoms with Crippen LogP contribution >= 0.6 is 0 Å². The second-order valence-corrected chi connectivity index (χ2v) is 5.81. The second-order valence-electron chi connectivity index (χ2n) is 5.81. The molecule has 0 bridgehead atoms. The minimum Gasteiger partial charge on any atom is -0.493 e. The van der Waals surface area contributed by atoms with Gasteiger partial charge in [-0.05, 0) is 42.8 Å². The maximum absolute atomic E-state index is 12.4. The van der Waals surface area contributed by atoms with Crippen molar-refractivity contribution in [2.75, 3.05) is 32.3 Å². The molecule has 2 aromatic rings. The van der Waals surface area contributed by atoms with Crippen molar-refractivity contribution >= 4 is 17.7 Å².